The highest BCUT2D eigenvalue weighted by Crippen LogP contribution is 2.29. The Morgan fingerprint density at radius 1 is 0.892 bits per heavy atom. The van der Waals surface area contributed by atoms with Gasteiger partial charge in [0.2, 0.25) is 5.91 Å². The van der Waals surface area contributed by atoms with Gasteiger partial charge < -0.3 is 10.1 Å². The molecule has 0 aliphatic heterocycles. The highest BCUT2D eigenvalue weighted by Gasteiger charge is 2.16. The molecule has 0 saturated heterocycles. The third-order valence-corrected chi connectivity index (χ3v) is 6.58. The Morgan fingerprint density at radius 2 is 1.57 bits per heavy atom. The number of nitrogens with zero attached hydrogens (tertiary/aromatic N) is 2. The lowest BCUT2D eigenvalue weighted by Gasteiger charge is -2.09. The third kappa shape index (κ3) is 6.20. The molecule has 0 aliphatic rings. The van der Waals surface area contributed by atoms with Crippen molar-refractivity contribution in [3.8, 4) is 28.4 Å². The Bertz CT molecular complexity index is 1510. The van der Waals surface area contributed by atoms with Gasteiger partial charge in [-0.15, -0.1) is 0 Å². The van der Waals surface area contributed by atoms with Gasteiger partial charge in [-0.25, -0.2) is 9.37 Å². The predicted molar refractivity (Wildman–Crippen MR) is 146 cm³/mol. The normalized spacial score (nSPS) is 10.8. The summed E-state index contributed by atoms with van der Waals surface area (Å²) in [6.07, 6.45) is 1.76. The maximum absolute atomic E-state index is 14.6. The van der Waals surface area contributed by atoms with Crippen LogP contribution in [0.1, 0.15) is 0 Å². The monoisotopic (exact) mass is 529 g/mol. The average Bonchev–Trinajstić information content (AvgIpc) is 3.34. The summed E-state index contributed by atoms with van der Waals surface area (Å²) in [5.74, 6) is 0.900. The largest absolute Gasteiger partial charge is 0.457 e. The molecule has 1 amide bonds. The van der Waals surface area contributed by atoms with Gasteiger partial charge in [0.25, 0.3) is 0 Å². The van der Waals surface area contributed by atoms with Crippen LogP contribution in [0.3, 0.4) is 0 Å². The number of carbonyl (C=O) groups is 1. The second kappa shape index (κ2) is 11.3. The highest BCUT2D eigenvalue weighted by atomic mass is 35.5. The minimum atomic E-state index is -0.383. The number of thioether (sulfide) groups is 1. The lowest BCUT2D eigenvalue weighted by atomic mass is 10.2. The van der Waals surface area contributed by atoms with Gasteiger partial charge in [-0.1, -0.05) is 65.8 Å². The van der Waals surface area contributed by atoms with Crippen molar-refractivity contribution in [2.45, 2.75) is 5.16 Å². The van der Waals surface area contributed by atoms with Crippen molar-refractivity contribution < 1.29 is 13.9 Å². The zero-order valence-corrected chi connectivity index (χ0v) is 21.0. The first-order valence-electron chi connectivity index (χ1n) is 11.4. The summed E-state index contributed by atoms with van der Waals surface area (Å²) < 4.78 is 22.1. The smallest absolute Gasteiger partial charge is 0.234 e. The Balaban J connectivity index is 1.29. The van der Waals surface area contributed by atoms with Crippen LogP contribution in [0.15, 0.2) is 114 Å². The standard InChI is InChI=1S/C29H21ClFN3O2S/c30-21-12-10-20(11-13-21)26-18-34(27-9-5-4-8-25(27)31)29(33-26)37-19-28(35)32-22-14-16-24(17-15-22)36-23-6-2-1-3-7-23/h1-18H,19H2,(H,32,35). The molecular weight excluding hydrogens is 509 g/mol. The molecule has 5 rings (SSSR count). The van der Waals surface area contributed by atoms with E-state index in [-0.39, 0.29) is 17.5 Å². The molecule has 4 aromatic carbocycles. The van der Waals surface area contributed by atoms with E-state index in [0.717, 1.165) is 11.3 Å². The molecule has 184 valence electrons. The zero-order valence-electron chi connectivity index (χ0n) is 19.5. The SMILES string of the molecule is O=C(CSc1nc(-c2ccc(Cl)cc2)cn1-c1ccccc1F)Nc1ccc(Oc2ccccc2)cc1. The van der Waals surface area contributed by atoms with Crippen molar-refractivity contribution in [2.24, 2.45) is 0 Å². The number of benzene rings is 4. The van der Waals surface area contributed by atoms with Crippen molar-refractivity contribution in [2.75, 3.05) is 11.1 Å². The fourth-order valence-electron chi connectivity index (χ4n) is 3.60. The van der Waals surface area contributed by atoms with E-state index in [9.17, 15) is 9.18 Å². The Hall–Kier alpha value is -4.07. The molecule has 0 bridgehead atoms. The third-order valence-electron chi connectivity index (χ3n) is 5.37. The molecule has 0 spiro atoms. The van der Waals surface area contributed by atoms with E-state index in [4.69, 9.17) is 16.3 Å². The molecular formula is C29H21ClFN3O2S. The summed E-state index contributed by atoms with van der Waals surface area (Å²) in [6, 6.07) is 30.3. The summed E-state index contributed by atoms with van der Waals surface area (Å²) in [5, 5.41) is 3.99. The molecule has 5 aromatic rings. The van der Waals surface area contributed by atoms with Gasteiger partial charge in [0.05, 0.1) is 17.1 Å². The molecule has 0 saturated carbocycles. The number of para-hydroxylation sites is 2. The quantitative estimate of drug-likeness (QED) is 0.208. The van der Waals surface area contributed by atoms with Gasteiger partial charge in [-0.05, 0) is 60.7 Å². The molecule has 37 heavy (non-hydrogen) atoms. The number of imidazole rings is 1. The highest BCUT2D eigenvalue weighted by molar-refractivity contribution is 7.99. The molecule has 1 heterocycles. The molecule has 8 heteroatoms. The second-order valence-corrected chi connectivity index (χ2v) is 9.39. The number of carbonyl (C=O) groups excluding carboxylic acids is 1. The number of anilines is 1. The first-order valence-corrected chi connectivity index (χ1v) is 12.8. The van der Waals surface area contributed by atoms with Crippen LogP contribution in [-0.4, -0.2) is 21.2 Å². The van der Waals surface area contributed by atoms with Crippen LogP contribution in [0.4, 0.5) is 10.1 Å². The van der Waals surface area contributed by atoms with Crippen LogP contribution in [0.2, 0.25) is 5.02 Å². The van der Waals surface area contributed by atoms with E-state index >= 15 is 0 Å². The van der Waals surface area contributed by atoms with E-state index in [2.05, 4.69) is 10.3 Å². The van der Waals surface area contributed by atoms with Crippen LogP contribution in [0.5, 0.6) is 11.5 Å². The minimum Gasteiger partial charge on any atom is -0.457 e. The number of hydrogen-bond donors (Lipinski definition) is 1. The van der Waals surface area contributed by atoms with Crippen LogP contribution >= 0.6 is 23.4 Å². The Labute approximate surface area is 222 Å². The van der Waals surface area contributed by atoms with Gasteiger partial charge in [0.1, 0.15) is 17.3 Å². The van der Waals surface area contributed by atoms with Crippen molar-refractivity contribution in [1.29, 1.82) is 0 Å². The van der Waals surface area contributed by atoms with Crippen LogP contribution in [0, 0.1) is 5.82 Å². The first-order chi connectivity index (χ1) is 18.0. The van der Waals surface area contributed by atoms with Gasteiger partial charge in [-0.2, -0.15) is 0 Å². The zero-order chi connectivity index (χ0) is 25.6. The Morgan fingerprint density at radius 3 is 2.30 bits per heavy atom. The molecule has 0 aliphatic carbocycles. The van der Waals surface area contributed by atoms with E-state index in [1.54, 1.807) is 65.4 Å². The van der Waals surface area contributed by atoms with Crippen LogP contribution in [0.25, 0.3) is 16.9 Å². The molecule has 0 radical (unpaired) electrons. The Kier molecular flexibility index (Phi) is 7.54. The topological polar surface area (TPSA) is 56.2 Å². The molecule has 0 unspecified atom stereocenters. The van der Waals surface area contributed by atoms with Gasteiger partial charge in [-0.3, -0.25) is 9.36 Å². The van der Waals surface area contributed by atoms with Crippen molar-refractivity contribution in [1.82, 2.24) is 9.55 Å². The molecule has 1 aromatic heterocycles. The fraction of sp³-hybridized carbons (Fsp3) is 0.0345. The summed E-state index contributed by atoms with van der Waals surface area (Å²) in [6.45, 7) is 0. The number of ether oxygens (including phenoxy) is 1. The molecule has 0 atom stereocenters. The molecule has 5 nitrogen and oxygen atoms in total. The van der Waals surface area contributed by atoms with E-state index in [1.165, 1.54) is 17.8 Å². The number of amides is 1. The minimum absolute atomic E-state index is 0.0911. The number of nitrogens with one attached hydrogen (secondary N) is 1. The molecule has 0 fully saturated rings. The average molecular weight is 530 g/mol. The lowest BCUT2D eigenvalue weighted by molar-refractivity contribution is -0.113. The van der Waals surface area contributed by atoms with Crippen molar-refractivity contribution >= 4 is 35.0 Å². The number of halogens is 2. The summed E-state index contributed by atoms with van der Waals surface area (Å²) in [5.41, 5.74) is 2.48. The van der Waals surface area contributed by atoms with Crippen molar-refractivity contribution in [3.63, 3.8) is 0 Å². The number of aromatic nitrogens is 2. The maximum Gasteiger partial charge on any atom is 0.234 e. The predicted octanol–water partition coefficient (Wildman–Crippen LogP) is 7.85. The van der Waals surface area contributed by atoms with Crippen molar-refractivity contribution in [3.05, 3.63) is 120 Å². The van der Waals surface area contributed by atoms with E-state index in [0.29, 0.717) is 33.0 Å². The molecule has 1 N–H and O–H groups in total. The fourth-order valence-corrected chi connectivity index (χ4v) is 4.51. The van der Waals surface area contributed by atoms with E-state index < -0.39 is 0 Å². The van der Waals surface area contributed by atoms with Crippen LogP contribution in [-0.2, 0) is 4.79 Å². The maximum atomic E-state index is 14.6. The summed E-state index contributed by atoms with van der Waals surface area (Å²) in [4.78, 5) is 17.4. The second-order valence-electron chi connectivity index (χ2n) is 8.01. The van der Waals surface area contributed by atoms with Gasteiger partial charge in [0, 0.05) is 22.5 Å². The van der Waals surface area contributed by atoms with Gasteiger partial charge in [0.15, 0.2) is 5.16 Å². The summed E-state index contributed by atoms with van der Waals surface area (Å²) in [7, 11) is 0. The number of rotatable bonds is 8. The first kappa shape index (κ1) is 24.6. The van der Waals surface area contributed by atoms with Gasteiger partial charge >= 0.3 is 0 Å². The van der Waals surface area contributed by atoms with Crippen LogP contribution < -0.4 is 10.1 Å². The lowest BCUT2D eigenvalue weighted by Crippen LogP contribution is -2.14. The van der Waals surface area contributed by atoms with E-state index in [1.807, 2.05) is 42.5 Å². The number of hydrogen-bond acceptors (Lipinski definition) is 4. The summed E-state index contributed by atoms with van der Waals surface area (Å²) >= 11 is 7.24.